The number of ether oxygens (including phenoxy) is 1. The molecule has 0 fully saturated rings. The van der Waals surface area contributed by atoms with E-state index in [0.29, 0.717) is 6.04 Å². The number of rotatable bonds is 4. The number of nitrogens with zero attached hydrogens (tertiary/aromatic N) is 1. The van der Waals surface area contributed by atoms with Crippen LogP contribution >= 0.6 is 0 Å². The molecular weight excluding hydrogens is 226 g/mol. The predicted octanol–water partition coefficient (Wildman–Crippen LogP) is 1.61. The summed E-state index contributed by atoms with van der Waals surface area (Å²) < 4.78 is 5.30. The van der Waals surface area contributed by atoms with E-state index in [1.165, 1.54) is 5.57 Å². The topological polar surface area (TPSA) is 45.7 Å². The molecule has 4 nitrogen and oxygen atoms in total. The highest BCUT2D eigenvalue weighted by Gasteiger charge is 2.11. The molecule has 2 aliphatic rings. The molecule has 100 valence electrons. The van der Waals surface area contributed by atoms with Crippen molar-refractivity contribution in [1.29, 1.82) is 0 Å². The molecule has 1 heterocycles. The van der Waals surface area contributed by atoms with Crippen LogP contribution in [0.2, 0.25) is 0 Å². The third-order valence-electron chi connectivity index (χ3n) is 3.37. The van der Waals surface area contributed by atoms with Gasteiger partial charge in [-0.3, -0.25) is 4.99 Å². The highest BCUT2D eigenvalue weighted by atomic mass is 16.5. The second-order valence-corrected chi connectivity index (χ2v) is 4.72. The van der Waals surface area contributed by atoms with Crippen molar-refractivity contribution in [3.63, 3.8) is 0 Å². The lowest BCUT2D eigenvalue weighted by atomic mass is 10.1. The van der Waals surface area contributed by atoms with Crippen LogP contribution in [-0.4, -0.2) is 38.8 Å². The largest absolute Gasteiger partial charge is 0.377 e. The van der Waals surface area contributed by atoms with Crippen LogP contribution in [0.5, 0.6) is 0 Å². The fourth-order valence-corrected chi connectivity index (χ4v) is 2.26. The molecule has 0 atom stereocenters. The van der Waals surface area contributed by atoms with Crippen LogP contribution in [0, 0.1) is 0 Å². The fourth-order valence-electron chi connectivity index (χ4n) is 2.26. The third kappa shape index (κ3) is 4.18. The maximum absolute atomic E-state index is 5.30. The highest BCUT2D eigenvalue weighted by molar-refractivity contribution is 5.80. The molecule has 2 rings (SSSR count). The predicted molar refractivity (Wildman–Crippen MR) is 74.8 cm³/mol. The van der Waals surface area contributed by atoms with Crippen molar-refractivity contribution in [2.24, 2.45) is 4.99 Å². The zero-order valence-electron chi connectivity index (χ0n) is 11.1. The van der Waals surface area contributed by atoms with Gasteiger partial charge in [-0.25, -0.2) is 0 Å². The lowest BCUT2D eigenvalue weighted by Crippen LogP contribution is -2.42. The molecule has 0 saturated carbocycles. The van der Waals surface area contributed by atoms with Crippen molar-refractivity contribution in [2.45, 2.75) is 31.7 Å². The average molecular weight is 249 g/mol. The number of hydrogen-bond donors (Lipinski definition) is 2. The van der Waals surface area contributed by atoms with Gasteiger partial charge in [-0.1, -0.05) is 23.8 Å². The van der Waals surface area contributed by atoms with E-state index >= 15 is 0 Å². The summed E-state index contributed by atoms with van der Waals surface area (Å²) >= 11 is 0. The summed E-state index contributed by atoms with van der Waals surface area (Å²) in [6.07, 6.45) is 11.0. The van der Waals surface area contributed by atoms with E-state index in [0.717, 1.165) is 51.4 Å². The maximum atomic E-state index is 5.30. The van der Waals surface area contributed by atoms with Crippen LogP contribution < -0.4 is 10.6 Å². The van der Waals surface area contributed by atoms with E-state index in [-0.39, 0.29) is 0 Å². The molecule has 0 aromatic rings. The van der Waals surface area contributed by atoms with Crippen molar-refractivity contribution in [3.05, 3.63) is 23.8 Å². The van der Waals surface area contributed by atoms with Crippen LogP contribution in [0.4, 0.5) is 0 Å². The summed E-state index contributed by atoms with van der Waals surface area (Å²) in [5.41, 5.74) is 1.49. The van der Waals surface area contributed by atoms with Crippen molar-refractivity contribution in [3.8, 4) is 0 Å². The Balaban J connectivity index is 1.65. The Kier molecular flexibility index (Phi) is 5.27. The molecule has 2 N–H and O–H groups in total. The Morgan fingerprint density at radius 2 is 2.28 bits per heavy atom. The summed E-state index contributed by atoms with van der Waals surface area (Å²) in [6, 6.07) is 0.512. The van der Waals surface area contributed by atoms with Crippen molar-refractivity contribution < 1.29 is 4.74 Å². The zero-order valence-corrected chi connectivity index (χ0v) is 11.1. The van der Waals surface area contributed by atoms with Gasteiger partial charge in [0.1, 0.15) is 0 Å². The number of hydrogen-bond acceptors (Lipinski definition) is 2. The van der Waals surface area contributed by atoms with E-state index in [1.807, 2.05) is 7.05 Å². The normalized spacial score (nSPS) is 20.9. The lowest BCUT2D eigenvalue weighted by molar-refractivity contribution is 0.153. The fraction of sp³-hybridized carbons (Fsp3) is 0.643. The molecule has 18 heavy (non-hydrogen) atoms. The average Bonchev–Trinajstić information content (AvgIpc) is 2.92. The summed E-state index contributed by atoms with van der Waals surface area (Å²) in [5, 5.41) is 6.81. The van der Waals surface area contributed by atoms with E-state index in [9.17, 15) is 0 Å². The first-order chi connectivity index (χ1) is 8.88. The summed E-state index contributed by atoms with van der Waals surface area (Å²) in [5.74, 6) is 0.913. The minimum atomic E-state index is 0.512. The SMILES string of the molecule is CN=C(NCCC1=CCOCC1)NC1CC=CC1. The molecule has 0 aromatic heterocycles. The van der Waals surface area contributed by atoms with E-state index < -0.39 is 0 Å². The smallest absolute Gasteiger partial charge is 0.191 e. The number of guanidine groups is 1. The molecule has 0 unspecified atom stereocenters. The third-order valence-corrected chi connectivity index (χ3v) is 3.37. The Bertz CT molecular complexity index is 339. The molecule has 0 amide bonds. The quantitative estimate of drug-likeness (QED) is 0.452. The van der Waals surface area contributed by atoms with Gasteiger partial charge in [0.15, 0.2) is 5.96 Å². The molecule has 0 spiro atoms. The van der Waals surface area contributed by atoms with Crippen molar-refractivity contribution in [1.82, 2.24) is 10.6 Å². The van der Waals surface area contributed by atoms with Crippen LogP contribution in [-0.2, 0) is 4.74 Å². The molecular formula is C14H23N3O. The van der Waals surface area contributed by atoms with Gasteiger partial charge in [-0.05, 0) is 25.7 Å². The van der Waals surface area contributed by atoms with Gasteiger partial charge in [0.25, 0.3) is 0 Å². The van der Waals surface area contributed by atoms with Crippen LogP contribution in [0.25, 0.3) is 0 Å². The lowest BCUT2D eigenvalue weighted by Gasteiger charge is -2.18. The number of aliphatic imine (C=N–C) groups is 1. The van der Waals surface area contributed by atoms with Gasteiger partial charge in [0.05, 0.1) is 13.2 Å². The van der Waals surface area contributed by atoms with E-state index in [4.69, 9.17) is 4.74 Å². The van der Waals surface area contributed by atoms with Crippen LogP contribution in [0.3, 0.4) is 0 Å². The first-order valence-corrected chi connectivity index (χ1v) is 6.76. The Morgan fingerprint density at radius 1 is 1.44 bits per heavy atom. The molecule has 0 saturated heterocycles. The van der Waals surface area contributed by atoms with Crippen LogP contribution in [0.1, 0.15) is 25.7 Å². The zero-order chi connectivity index (χ0) is 12.6. The minimum Gasteiger partial charge on any atom is -0.377 e. The van der Waals surface area contributed by atoms with Gasteiger partial charge in [0.2, 0.25) is 0 Å². The second-order valence-electron chi connectivity index (χ2n) is 4.72. The molecule has 0 radical (unpaired) electrons. The Hall–Kier alpha value is -1.29. The van der Waals surface area contributed by atoms with Gasteiger partial charge >= 0.3 is 0 Å². The van der Waals surface area contributed by atoms with Crippen LogP contribution in [0.15, 0.2) is 28.8 Å². The maximum Gasteiger partial charge on any atom is 0.191 e. The molecule has 0 bridgehead atoms. The Labute approximate surface area is 109 Å². The second kappa shape index (κ2) is 7.21. The van der Waals surface area contributed by atoms with E-state index in [1.54, 1.807) is 0 Å². The standard InChI is InChI=1S/C14H23N3O/c1-15-14(17-13-4-2-3-5-13)16-9-6-12-7-10-18-11-8-12/h2-3,7,13H,4-6,8-11H2,1H3,(H2,15,16,17). The number of nitrogens with one attached hydrogen (secondary N) is 2. The van der Waals surface area contributed by atoms with E-state index in [2.05, 4.69) is 33.9 Å². The molecule has 1 aliphatic heterocycles. The summed E-state index contributed by atoms with van der Waals surface area (Å²) in [6.45, 7) is 2.58. The molecule has 4 heteroatoms. The van der Waals surface area contributed by atoms with Gasteiger partial charge in [0, 0.05) is 19.6 Å². The van der Waals surface area contributed by atoms with Crippen molar-refractivity contribution >= 4 is 5.96 Å². The van der Waals surface area contributed by atoms with Gasteiger partial charge in [-0.15, -0.1) is 0 Å². The molecule has 1 aliphatic carbocycles. The summed E-state index contributed by atoms with van der Waals surface area (Å²) in [4.78, 5) is 4.26. The monoisotopic (exact) mass is 249 g/mol. The molecule has 0 aromatic carbocycles. The highest BCUT2D eigenvalue weighted by Crippen LogP contribution is 2.11. The Morgan fingerprint density at radius 3 is 2.94 bits per heavy atom. The van der Waals surface area contributed by atoms with Gasteiger partial charge in [-0.2, -0.15) is 0 Å². The minimum absolute atomic E-state index is 0.512. The van der Waals surface area contributed by atoms with Crippen molar-refractivity contribution in [2.75, 3.05) is 26.8 Å². The van der Waals surface area contributed by atoms with Gasteiger partial charge < -0.3 is 15.4 Å². The first kappa shape index (κ1) is 13.1. The first-order valence-electron chi connectivity index (χ1n) is 6.76. The summed E-state index contributed by atoms with van der Waals surface area (Å²) in [7, 11) is 1.82.